The molecule has 2 aromatic heterocycles. The van der Waals surface area contributed by atoms with E-state index >= 15 is 0 Å². The molecule has 3 rings (SSSR count). The van der Waals surface area contributed by atoms with Gasteiger partial charge in [-0.1, -0.05) is 6.07 Å². The van der Waals surface area contributed by atoms with E-state index in [0.717, 1.165) is 13.1 Å². The van der Waals surface area contributed by atoms with Crippen molar-refractivity contribution in [3.8, 4) is 10.4 Å². The number of hydrogen-bond donors (Lipinski definition) is 1. The van der Waals surface area contributed by atoms with E-state index in [-0.39, 0.29) is 0 Å². The average Bonchev–Trinajstić information content (AvgIpc) is 2.98. The number of thiophene rings is 1. The van der Waals surface area contributed by atoms with Crippen LogP contribution in [0.2, 0.25) is 0 Å². The molecule has 1 aliphatic rings. The van der Waals surface area contributed by atoms with Gasteiger partial charge in [0, 0.05) is 30.0 Å². The number of hydrogen-bond acceptors (Lipinski definition) is 3. The summed E-state index contributed by atoms with van der Waals surface area (Å²) in [6.45, 7) is 2.24. The lowest BCUT2D eigenvalue weighted by Gasteiger charge is -2.24. The molecule has 0 bridgehead atoms. The van der Waals surface area contributed by atoms with E-state index < -0.39 is 0 Å². The van der Waals surface area contributed by atoms with E-state index in [9.17, 15) is 0 Å². The summed E-state index contributed by atoms with van der Waals surface area (Å²) in [6, 6.07) is 4.29. The third-order valence-corrected chi connectivity index (χ3v) is 4.36. The summed E-state index contributed by atoms with van der Waals surface area (Å²) in [5, 5.41) is 10.1. The highest BCUT2D eigenvalue weighted by molar-refractivity contribution is 7.13. The zero-order valence-electron chi connectivity index (χ0n) is 10.0. The molecule has 1 fully saturated rings. The van der Waals surface area contributed by atoms with Gasteiger partial charge in [-0.15, -0.1) is 11.3 Å². The molecule has 0 saturated carbocycles. The quantitative estimate of drug-likeness (QED) is 0.884. The third kappa shape index (κ3) is 2.03. The first kappa shape index (κ1) is 11.0. The van der Waals surface area contributed by atoms with Crippen molar-refractivity contribution in [1.29, 1.82) is 0 Å². The van der Waals surface area contributed by atoms with Gasteiger partial charge in [-0.3, -0.25) is 4.68 Å². The Balaban J connectivity index is 2.00. The third-order valence-electron chi connectivity index (χ3n) is 3.45. The molecule has 1 N–H and O–H groups in total. The van der Waals surface area contributed by atoms with Crippen LogP contribution in [0.1, 0.15) is 24.5 Å². The first-order valence-electron chi connectivity index (χ1n) is 6.13. The largest absolute Gasteiger partial charge is 0.316 e. The van der Waals surface area contributed by atoms with E-state index in [0.29, 0.717) is 5.92 Å². The lowest BCUT2D eigenvalue weighted by atomic mass is 9.93. The molecule has 0 radical (unpaired) electrons. The van der Waals surface area contributed by atoms with Crippen LogP contribution in [-0.2, 0) is 7.05 Å². The van der Waals surface area contributed by atoms with Crippen LogP contribution in [-0.4, -0.2) is 22.9 Å². The number of aromatic nitrogens is 2. The van der Waals surface area contributed by atoms with Crippen molar-refractivity contribution in [3.05, 3.63) is 29.4 Å². The second kappa shape index (κ2) is 4.63. The van der Waals surface area contributed by atoms with Gasteiger partial charge in [-0.2, -0.15) is 5.10 Å². The number of nitrogens with one attached hydrogen (secondary N) is 1. The van der Waals surface area contributed by atoms with Crippen LogP contribution in [0.25, 0.3) is 10.4 Å². The molecule has 0 aromatic carbocycles. The van der Waals surface area contributed by atoms with E-state index in [1.165, 1.54) is 29.0 Å². The van der Waals surface area contributed by atoms with Crippen molar-refractivity contribution in [2.45, 2.75) is 18.8 Å². The molecule has 1 saturated heterocycles. The molecule has 0 aliphatic carbocycles. The number of aryl methyl sites for hydroxylation is 1. The van der Waals surface area contributed by atoms with Crippen molar-refractivity contribution < 1.29 is 0 Å². The number of rotatable bonds is 2. The van der Waals surface area contributed by atoms with Crippen molar-refractivity contribution in [2.75, 3.05) is 13.1 Å². The van der Waals surface area contributed by atoms with Crippen LogP contribution in [0.4, 0.5) is 0 Å². The first-order chi connectivity index (χ1) is 8.36. The van der Waals surface area contributed by atoms with Gasteiger partial charge in [0.05, 0.1) is 11.9 Å². The number of nitrogens with zero attached hydrogens (tertiary/aromatic N) is 2. The summed E-state index contributed by atoms with van der Waals surface area (Å²) < 4.78 is 2.05. The highest BCUT2D eigenvalue weighted by atomic mass is 32.1. The number of piperidine rings is 1. The summed E-state index contributed by atoms with van der Waals surface area (Å²) in [5.41, 5.74) is 2.70. The van der Waals surface area contributed by atoms with Crippen molar-refractivity contribution in [2.24, 2.45) is 7.05 Å². The Labute approximate surface area is 105 Å². The zero-order chi connectivity index (χ0) is 11.7. The van der Waals surface area contributed by atoms with Crippen molar-refractivity contribution >= 4 is 11.3 Å². The maximum Gasteiger partial charge on any atom is 0.0579 e. The topological polar surface area (TPSA) is 29.9 Å². The Morgan fingerprint density at radius 2 is 2.47 bits per heavy atom. The van der Waals surface area contributed by atoms with Crippen LogP contribution in [0.15, 0.2) is 23.7 Å². The molecule has 4 heteroatoms. The fraction of sp³-hybridized carbons (Fsp3) is 0.462. The lowest BCUT2D eigenvalue weighted by Crippen LogP contribution is -2.29. The Kier molecular flexibility index (Phi) is 2.99. The highest BCUT2D eigenvalue weighted by Gasteiger charge is 2.22. The second-order valence-electron chi connectivity index (χ2n) is 4.59. The van der Waals surface area contributed by atoms with Gasteiger partial charge in [0.25, 0.3) is 0 Å². The van der Waals surface area contributed by atoms with E-state index in [4.69, 9.17) is 0 Å². The van der Waals surface area contributed by atoms with E-state index in [1.54, 1.807) is 11.3 Å². The molecule has 0 spiro atoms. The predicted octanol–water partition coefficient (Wildman–Crippen LogP) is 2.62. The summed E-state index contributed by atoms with van der Waals surface area (Å²) in [6.07, 6.45) is 4.54. The van der Waals surface area contributed by atoms with Gasteiger partial charge in [0.15, 0.2) is 0 Å². The van der Waals surface area contributed by atoms with Crippen molar-refractivity contribution in [1.82, 2.24) is 15.1 Å². The molecule has 90 valence electrons. The minimum atomic E-state index is 0.605. The van der Waals surface area contributed by atoms with Gasteiger partial charge in [0.1, 0.15) is 0 Å². The molecule has 17 heavy (non-hydrogen) atoms. The Hall–Kier alpha value is -1.13. The maximum atomic E-state index is 4.44. The first-order valence-corrected chi connectivity index (χ1v) is 7.00. The lowest BCUT2D eigenvalue weighted by molar-refractivity contribution is 0.442. The molecular formula is C13H17N3S. The minimum Gasteiger partial charge on any atom is -0.316 e. The van der Waals surface area contributed by atoms with E-state index in [2.05, 4.69) is 35.0 Å². The molecule has 3 heterocycles. The second-order valence-corrected chi connectivity index (χ2v) is 5.54. The van der Waals surface area contributed by atoms with Crippen LogP contribution >= 0.6 is 11.3 Å². The summed E-state index contributed by atoms with van der Waals surface area (Å²) >= 11 is 1.79. The Morgan fingerprint density at radius 1 is 1.53 bits per heavy atom. The molecular weight excluding hydrogens is 230 g/mol. The van der Waals surface area contributed by atoms with Gasteiger partial charge in [0.2, 0.25) is 0 Å². The molecule has 2 aromatic rings. The summed E-state index contributed by atoms with van der Waals surface area (Å²) in [5.74, 6) is 0.605. The Bertz CT molecular complexity index is 481. The summed E-state index contributed by atoms with van der Waals surface area (Å²) in [4.78, 5) is 1.33. The van der Waals surface area contributed by atoms with Crippen LogP contribution in [0, 0.1) is 0 Å². The molecule has 1 aliphatic heterocycles. The Morgan fingerprint density at radius 3 is 3.18 bits per heavy atom. The van der Waals surface area contributed by atoms with Gasteiger partial charge in [-0.25, -0.2) is 0 Å². The normalized spacial score (nSPS) is 20.6. The fourth-order valence-corrected chi connectivity index (χ4v) is 3.38. The van der Waals surface area contributed by atoms with Gasteiger partial charge < -0.3 is 5.32 Å². The fourth-order valence-electron chi connectivity index (χ4n) is 2.64. The zero-order valence-corrected chi connectivity index (χ0v) is 10.8. The molecule has 0 amide bonds. The maximum absolute atomic E-state index is 4.44. The van der Waals surface area contributed by atoms with Crippen LogP contribution < -0.4 is 5.32 Å². The monoisotopic (exact) mass is 247 g/mol. The SMILES string of the molecule is Cn1ncc(-c2cccs2)c1C1CCCNC1. The minimum absolute atomic E-state index is 0.605. The average molecular weight is 247 g/mol. The predicted molar refractivity (Wildman–Crippen MR) is 71.4 cm³/mol. The molecule has 3 nitrogen and oxygen atoms in total. The summed E-state index contributed by atoms with van der Waals surface area (Å²) in [7, 11) is 2.06. The van der Waals surface area contributed by atoms with Crippen molar-refractivity contribution in [3.63, 3.8) is 0 Å². The molecule has 1 atom stereocenters. The van der Waals surface area contributed by atoms with Gasteiger partial charge in [-0.05, 0) is 30.8 Å². The highest BCUT2D eigenvalue weighted by Crippen LogP contribution is 2.34. The van der Waals surface area contributed by atoms with Gasteiger partial charge >= 0.3 is 0 Å². The van der Waals surface area contributed by atoms with E-state index in [1.807, 2.05) is 10.9 Å². The van der Waals surface area contributed by atoms with Crippen LogP contribution in [0.3, 0.4) is 0 Å². The van der Waals surface area contributed by atoms with Crippen LogP contribution in [0.5, 0.6) is 0 Å². The standard InChI is InChI=1S/C13H17N3S/c1-16-13(10-4-2-6-14-8-10)11(9-15-16)12-5-3-7-17-12/h3,5,7,9-10,14H,2,4,6,8H2,1H3. The smallest absolute Gasteiger partial charge is 0.0579 e. The molecule has 1 unspecified atom stereocenters.